The molecule has 0 radical (unpaired) electrons. The number of sulfonamides is 1. The number of pyridine rings is 1. The minimum Gasteiger partial charge on any atom is -0.481 e. The van der Waals surface area contributed by atoms with E-state index in [0.717, 1.165) is 13.2 Å². The molecule has 13 heteroatoms. The zero-order valence-corrected chi connectivity index (χ0v) is 17.8. The number of esters is 1. The van der Waals surface area contributed by atoms with Crippen molar-refractivity contribution in [3.05, 3.63) is 60.1 Å². The minimum absolute atomic E-state index is 0.0546. The van der Waals surface area contributed by atoms with Crippen LogP contribution >= 0.6 is 0 Å². The fourth-order valence-electron chi connectivity index (χ4n) is 2.59. The summed E-state index contributed by atoms with van der Waals surface area (Å²) in [7, 11) is -2.43. The predicted octanol–water partition coefficient (Wildman–Crippen LogP) is 1.20. The molecule has 2 aromatic rings. The van der Waals surface area contributed by atoms with Gasteiger partial charge < -0.3 is 14.9 Å². The van der Waals surface area contributed by atoms with Crippen molar-refractivity contribution in [1.82, 2.24) is 15.2 Å². The van der Waals surface area contributed by atoms with Crippen molar-refractivity contribution in [1.29, 1.82) is 0 Å². The highest BCUT2D eigenvalue weighted by molar-refractivity contribution is 7.92. The Bertz CT molecular complexity index is 1160. The maximum Gasteiger partial charge on any atom is 0.337 e. The third-order valence-corrected chi connectivity index (χ3v) is 5.55. The molecule has 2 heterocycles. The zero-order valence-electron chi connectivity index (χ0n) is 17.0. The third kappa shape index (κ3) is 6.01. The summed E-state index contributed by atoms with van der Waals surface area (Å²) in [6.45, 7) is 1.36. The van der Waals surface area contributed by atoms with Crippen LogP contribution in [0, 0.1) is 5.41 Å². The number of methoxy groups -OCH3 is 1. The summed E-state index contributed by atoms with van der Waals surface area (Å²) >= 11 is 0. The molecule has 0 bridgehead atoms. The van der Waals surface area contributed by atoms with E-state index in [-0.39, 0.29) is 28.3 Å². The number of ether oxygens (including phenoxy) is 1. The smallest absolute Gasteiger partial charge is 0.337 e. The first kappa shape index (κ1) is 24.3. The van der Waals surface area contributed by atoms with Gasteiger partial charge in [-0.3, -0.25) is 14.6 Å². The summed E-state index contributed by atoms with van der Waals surface area (Å²) in [4.78, 5) is 37.2. The topological polar surface area (TPSA) is 189 Å². The normalized spacial score (nSPS) is 17.7. The Kier molecular flexibility index (Phi) is 7.49. The number of carboxylic acid groups (broad SMARTS) is 2. The summed E-state index contributed by atoms with van der Waals surface area (Å²) in [6.07, 6.45) is 6.22. The van der Waals surface area contributed by atoms with Gasteiger partial charge in [0.1, 0.15) is 10.7 Å². The molecule has 0 fully saturated rings. The molecule has 0 saturated carbocycles. The average Bonchev–Trinajstić information content (AvgIpc) is 3.29. The molecule has 4 N–H and O–H groups in total. The lowest BCUT2D eigenvalue weighted by molar-refractivity contribution is -0.145. The molecular formula is C19H20N4O8S. The molecule has 2 aromatic heterocycles. The highest BCUT2D eigenvalue weighted by Crippen LogP contribution is 2.34. The number of aromatic amines is 1. The molecule has 1 unspecified atom stereocenters. The van der Waals surface area contributed by atoms with E-state index in [1.54, 1.807) is 18.2 Å². The Morgan fingerprint density at radius 2 is 1.97 bits per heavy atom. The Morgan fingerprint density at radius 1 is 1.25 bits per heavy atom. The SMILES string of the molecule is COC(=O)C1=CC(C)(C(=O)O)CC(C(=O)O)=C1.O=S(=O)(Nc1ccccn1)c1cn[nH]c1. The van der Waals surface area contributed by atoms with Crippen molar-refractivity contribution < 1.29 is 37.8 Å². The summed E-state index contributed by atoms with van der Waals surface area (Å²) < 4.78 is 30.1. The van der Waals surface area contributed by atoms with Crippen molar-refractivity contribution in [2.24, 2.45) is 5.41 Å². The standard InChI is InChI=1S/C11H12O6.C8H8N4O2S/c1-11(10(15)16)4-6(8(12)13)3-7(5-11)9(14)17-2;13-15(14,7-5-10-11-6-7)12-8-3-1-2-4-9-8/h3,5H,4H2,1-2H3,(H,12,13)(H,15,16);1-6H,(H,9,12)(H,10,11). The number of nitrogens with one attached hydrogen (secondary N) is 2. The molecular weight excluding hydrogens is 444 g/mol. The summed E-state index contributed by atoms with van der Waals surface area (Å²) in [5, 5.41) is 23.9. The van der Waals surface area contributed by atoms with E-state index in [9.17, 15) is 22.8 Å². The number of anilines is 1. The largest absolute Gasteiger partial charge is 0.481 e. The number of carbonyl (C=O) groups is 3. The summed E-state index contributed by atoms with van der Waals surface area (Å²) in [5.74, 6) is -2.91. The third-order valence-electron chi connectivity index (χ3n) is 4.23. The van der Waals surface area contributed by atoms with Crippen LogP contribution in [0.4, 0.5) is 5.82 Å². The number of aliphatic carboxylic acids is 2. The van der Waals surface area contributed by atoms with Crippen LogP contribution in [-0.2, 0) is 29.1 Å². The number of carbonyl (C=O) groups excluding carboxylic acids is 1. The quantitative estimate of drug-likeness (QED) is 0.452. The number of carboxylic acids is 2. The molecule has 0 amide bonds. The fourth-order valence-corrected chi connectivity index (χ4v) is 3.50. The number of hydrogen-bond donors (Lipinski definition) is 4. The maximum absolute atomic E-state index is 11.7. The monoisotopic (exact) mass is 464 g/mol. The predicted molar refractivity (Wildman–Crippen MR) is 110 cm³/mol. The van der Waals surface area contributed by atoms with E-state index in [1.165, 1.54) is 31.6 Å². The van der Waals surface area contributed by atoms with Gasteiger partial charge in [-0.05, 0) is 31.6 Å². The van der Waals surface area contributed by atoms with Gasteiger partial charge in [-0.1, -0.05) is 12.1 Å². The number of H-pyrrole nitrogens is 1. The lowest BCUT2D eigenvalue weighted by Crippen LogP contribution is -2.31. The van der Waals surface area contributed by atoms with Crippen LogP contribution in [0.3, 0.4) is 0 Å². The molecule has 3 rings (SSSR count). The van der Waals surface area contributed by atoms with Gasteiger partial charge in [-0.2, -0.15) is 5.10 Å². The van der Waals surface area contributed by atoms with E-state index in [4.69, 9.17) is 10.2 Å². The molecule has 1 aliphatic rings. The van der Waals surface area contributed by atoms with Crippen molar-refractivity contribution in [3.63, 3.8) is 0 Å². The van der Waals surface area contributed by atoms with Gasteiger partial charge in [0.15, 0.2) is 0 Å². The Morgan fingerprint density at radius 3 is 2.47 bits per heavy atom. The number of hydrogen-bond acceptors (Lipinski definition) is 8. The lowest BCUT2D eigenvalue weighted by Gasteiger charge is -2.25. The van der Waals surface area contributed by atoms with Crippen LogP contribution in [0.25, 0.3) is 0 Å². The van der Waals surface area contributed by atoms with E-state index in [2.05, 4.69) is 24.6 Å². The van der Waals surface area contributed by atoms with Crippen LogP contribution in [-0.4, -0.2) is 58.8 Å². The molecule has 12 nitrogen and oxygen atoms in total. The number of nitrogens with zero attached hydrogens (tertiary/aromatic N) is 2. The van der Waals surface area contributed by atoms with Gasteiger partial charge in [0.25, 0.3) is 10.0 Å². The molecule has 0 spiro atoms. The van der Waals surface area contributed by atoms with Gasteiger partial charge >= 0.3 is 17.9 Å². The van der Waals surface area contributed by atoms with E-state index in [1.807, 2.05) is 0 Å². The van der Waals surface area contributed by atoms with E-state index < -0.39 is 33.3 Å². The van der Waals surface area contributed by atoms with Crippen LogP contribution in [0.15, 0.2) is 65.0 Å². The Hall–Kier alpha value is -4.00. The molecule has 0 aromatic carbocycles. The second-order valence-corrected chi connectivity index (χ2v) is 8.40. The first-order chi connectivity index (χ1) is 15.0. The van der Waals surface area contributed by atoms with Crippen LogP contribution in [0.1, 0.15) is 13.3 Å². The number of aromatic nitrogens is 3. The molecule has 0 aliphatic heterocycles. The van der Waals surface area contributed by atoms with Gasteiger partial charge in [-0.15, -0.1) is 0 Å². The van der Waals surface area contributed by atoms with Gasteiger partial charge in [0.05, 0.1) is 24.3 Å². The summed E-state index contributed by atoms with van der Waals surface area (Å²) in [5.41, 5.74) is -1.59. The molecule has 170 valence electrons. The van der Waals surface area contributed by atoms with E-state index in [0.29, 0.717) is 0 Å². The van der Waals surface area contributed by atoms with Crippen molar-refractivity contribution >= 4 is 33.7 Å². The second-order valence-electron chi connectivity index (χ2n) is 6.72. The highest BCUT2D eigenvalue weighted by Gasteiger charge is 2.37. The van der Waals surface area contributed by atoms with Crippen LogP contribution < -0.4 is 4.72 Å². The van der Waals surface area contributed by atoms with Crippen molar-refractivity contribution in [2.75, 3.05) is 11.8 Å². The number of rotatable bonds is 6. The minimum atomic E-state index is -3.58. The van der Waals surface area contributed by atoms with E-state index >= 15 is 0 Å². The molecule has 1 aliphatic carbocycles. The first-order valence-corrected chi connectivity index (χ1v) is 10.4. The van der Waals surface area contributed by atoms with Crippen molar-refractivity contribution in [3.8, 4) is 0 Å². The van der Waals surface area contributed by atoms with Crippen LogP contribution in [0.2, 0.25) is 0 Å². The fraction of sp³-hybridized carbons (Fsp3) is 0.211. The first-order valence-electron chi connectivity index (χ1n) is 8.89. The highest BCUT2D eigenvalue weighted by atomic mass is 32.2. The average molecular weight is 464 g/mol. The molecule has 32 heavy (non-hydrogen) atoms. The van der Waals surface area contributed by atoms with Gasteiger partial charge in [0, 0.05) is 18.0 Å². The lowest BCUT2D eigenvalue weighted by atomic mass is 9.78. The Balaban J connectivity index is 0.000000228. The second kappa shape index (κ2) is 9.87. The van der Waals surface area contributed by atoms with Crippen molar-refractivity contribution in [2.45, 2.75) is 18.2 Å². The molecule has 0 saturated heterocycles. The molecule has 1 atom stereocenters. The maximum atomic E-state index is 11.7. The van der Waals surface area contributed by atoms with Crippen LogP contribution in [0.5, 0.6) is 0 Å². The van der Waals surface area contributed by atoms with Gasteiger partial charge in [-0.25, -0.2) is 23.0 Å². The summed E-state index contributed by atoms with van der Waals surface area (Å²) in [6, 6.07) is 4.97. The zero-order chi connectivity index (χ0) is 23.9. The Labute approximate surface area is 182 Å². The van der Waals surface area contributed by atoms with Gasteiger partial charge in [0.2, 0.25) is 0 Å².